The molecule has 1 aromatic carbocycles. The summed E-state index contributed by atoms with van der Waals surface area (Å²) in [5.74, 6) is 0. The summed E-state index contributed by atoms with van der Waals surface area (Å²) in [6.45, 7) is 1.05. The highest BCUT2D eigenvalue weighted by molar-refractivity contribution is 7.13. The molecule has 5 atom stereocenters. The molecule has 3 aromatic heterocycles. The number of aliphatic hydroxyl groups is 2. The highest BCUT2D eigenvalue weighted by Crippen LogP contribution is 2.42. The molecule has 202 valence electrons. The molecule has 1 aliphatic heterocycles. The molecule has 2 N–H and O–H groups in total. The van der Waals surface area contributed by atoms with Crippen LogP contribution >= 0.6 is 22.9 Å². The van der Waals surface area contributed by atoms with Crippen molar-refractivity contribution in [1.29, 1.82) is 0 Å². The second-order valence-corrected chi connectivity index (χ2v) is 9.99. The first-order chi connectivity index (χ1) is 18.1. The van der Waals surface area contributed by atoms with Gasteiger partial charge in [-0.1, -0.05) is 16.8 Å². The summed E-state index contributed by atoms with van der Waals surface area (Å²) in [5, 5.41) is 36.2. The van der Waals surface area contributed by atoms with Crippen LogP contribution in [0.25, 0.3) is 16.4 Å². The summed E-state index contributed by atoms with van der Waals surface area (Å²) in [6, 6.07) is 3.83. The van der Waals surface area contributed by atoms with Crippen molar-refractivity contribution in [3.8, 4) is 16.4 Å². The van der Waals surface area contributed by atoms with Gasteiger partial charge in [0.15, 0.2) is 0 Å². The number of aliphatic hydroxyl groups excluding tert-OH is 2. The Bertz CT molecular complexity index is 1410. The monoisotopic (exact) mass is 570 g/mol. The van der Waals surface area contributed by atoms with Gasteiger partial charge in [-0.2, -0.15) is 18.3 Å². The molecule has 0 aliphatic carbocycles. The van der Waals surface area contributed by atoms with E-state index in [2.05, 4.69) is 20.4 Å². The molecular formula is C23H22ClF3N6O4S. The number of methoxy groups -OCH3 is 1. The van der Waals surface area contributed by atoms with Crippen molar-refractivity contribution in [3.63, 3.8) is 0 Å². The fraction of sp³-hybridized carbons (Fsp3) is 0.391. The highest BCUT2D eigenvalue weighted by Gasteiger charge is 2.49. The van der Waals surface area contributed by atoms with Gasteiger partial charge in [-0.15, -0.1) is 16.4 Å². The normalized spacial score (nSPS) is 24.2. The second kappa shape index (κ2) is 10.4. The van der Waals surface area contributed by atoms with E-state index in [0.29, 0.717) is 16.4 Å². The zero-order valence-corrected chi connectivity index (χ0v) is 21.5. The lowest BCUT2D eigenvalue weighted by atomic mass is 9.90. The van der Waals surface area contributed by atoms with Crippen molar-refractivity contribution in [2.45, 2.75) is 43.6 Å². The molecule has 0 radical (unpaired) electrons. The third-order valence-corrected chi connectivity index (χ3v) is 7.28. The first-order valence-electron chi connectivity index (χ1n) is 11.3. The number of thiazole rings is 1. The molecule has 15 heteroatoms. The zero-order valence-electron chi connectivity index (χ0n) is 19.9. The van der Waals surface area contributed by atoms with Crippen LogP contribution < -0.4 is 0 Å². The van der Waals surface area contributed by atoms with Crippen LogP contribution in [-0.2, 0) is 15.7 Å². The van der Waals surface area contributed by atoms with Crippen LogP contribution in [0.2, 0.25) is 5.02 Å². The van der Waals surface area contributed by atoms with Crippen LogP contribution in [0.1, 0.15) is 29.1 Å². The van der Waals surface area contributed by atoms with Gasteiger partial charge in [-0.3, -0.25) is 0 Å². The molecular weight excluding hydrogens is 549 g/mol. The minimum absolute atomic E-state index is 0.0822. The predicted octanol–water partition coefficient (Wildman–Crippen LogP) is 3.62. The van der Waals surface area contributed by atoms with Gasteiger partial charge in [0.05, 0.1) is 35.4 Å². The lowest BCUT2D eigenvalue weighted by Gasteiger charge is -2.43. The first kappa shape index (κ1) is 26.7. The Morgan fingerprint density at radius 1 is 1.26 bits per heavy atom. The summed E-state index contributed by atoms with van der Waals surface area (Å²) >= 11 is 7.43. The van der Waals surface area contributed by atoms with E-state index in [4.69, 9.17) is 21.1 Å². The lowest BCUT2D eigenvalue weighted by Crippen LogP contribution is -2.53. The topological polar surface area (TPSA) is 120 Å². The Labute approximate surface area is 223 Å². The van der Waals surface area contributed by atoms with Crippen LogP contribution in [-0.4, -0.2) is 72.0 Å². The van der Waals surface area contributed by atoms with Gasteiger partial charge in [0, 0.05) is 23.7 Å². The Morgan fingerprint density at radius 3 is 2.71 bits per heavy atom. The molecule has 5 rings (SSSR count). The molecule has 10 nitrogen and oxygen atoms in total. The smallest absolute Gasteiger partial charge is 0.394 e. The molecule has 0 bridgehead atoms. The number of alkyl halides is 3. The average Bonchev–Trinajstić information content (AvgIpc) is 3.63. The van der Waals surface area contributed by atoms with E-state index in [1.54, 1.807) is 30.8 Å². The van der Waals surface area contributed by atoms with E-state index in [1.165, 1.54) is 29.2 Å². The quantitative estimate of drug-likeness (QED) is 0.361. The number of nitrogens with zero attached hydrogens (tertiary/aromatic N) is 6. The van der Waals surface area contributed by atoms with Gasteiger partial charge < -0.3 is 19.7 Å². The summed E-state index contributed by atoms with van der Waals surface area (Å²) in [5.41, 5.74) is -0.183. The number of benzene rings is 1. The van der Waals surface area contributed by atoms with Gasteiger partial charge in [0.2, 0.25) is 0 Å². The maximum absolute atomic E-state index is 13.9. The average molecular weight is 571 g/mol. The van der Waals surface area contributed by atoms with Crippen molar-refractivity contribution in [2.24, 2.45) is 0 Å². The fourth-order valence-electron chi connectivity index (χ4n) is 4.60. The highest BCUT2D eigenvalue weighted by atomic mass is 35.5. The summed E-state index contributed by atoms with van der Waals surface area (Å²) in [7, 11) is 1.38. The molecule has 2 unspecified atom stereocenters. The van der Waals surface area contributed by atoms with E-state index in [1.807, 2.05) is 0 Å². The van der Waals surface area contributed by atoms with E-state index in [0.717, 1.165) is 16.8 Å². The predicted molar refractivity (Wildman–Crippen MR) is 130 cm³/mol. The van der Waals surface area contributed by atoms with Crippen molar-refractivity contribution < 1.29 is 32.9 Å². The summed E-state index contributed by atoms with van der Waals surface area (Å²) in [4.78, 5) is 4.21. The Kier molecular flexibility index (Phi) is 7.28. The van der Waals surface area contributed by atoms with Crippen molar-refractivity contribution in [1.82, 2.24) is 29.8 Å². The summed E-state index contributed by atoms with van der Waals surface area (Å²) in [6.07, 6.45) is -5.94. The number of aryl methyl sites for hydroxylation is 1. The Morgan fingerprint density at radius 2 is 2.05 bits per heavy atom. The second-order valence-electron chi connectivity index (χ2n) is 8.66. The third-order valence-electron chi connectivity index (χ3n) is 6.25. The van der Waals surface area contributed by atoms with Crippen molar-refractivity contribution in [2.75, 3.05) is 13.7 Å². The zero-order chi connectivity index (χ0) is 27.2. The third kappa shape index (κ3) is 4.83. The van der Waals surface area contributed by atoms with Gasteiger partial charge in [-0.05, 0) is 31.2 Å². The van der Waals surface area contributed by atoms with Crippen LogP contribution in [0.15, 0.2) is 42.0 Å². The molecule has 4 aromatic rings. The van der Waals surface area contributed by atoms with Crippen LogP contribution in [0, 0.1) is 6.92 Å². The van der Waals surface area contributed by atoms with Crippen LogP contribution in [0.4, 0.5) is 13.2 Å². The van der Waals surface area contributed by atoms with Crippen molar-refractivity contribution >= 4 is 22.9 Å². The van der Waals surface area contributed by atoms with E-state index in [9.17, 15) is 23.4 Å². The first-order valence-corrected chi connectivity index (χ1v) is 12.6. The largest absolute Gasteiger partial charge is 0.418 e. The van der Waals surface area contributed by atoms with Gasteiger partial charge >= 0.3 is 6.18 Å². The van der Waals surface area contributed by atoms with Crippen LogP contribution in [0.3, 0.4) is 0 Å². The van der Waals surface area contributed by atoms with Gasteiger partial charge in [-0.25, -0.2) is 14.3 Å². The standard InChI is InChI=1S/C23H22ClF3N6O4S/c1-11-7-16(33(30-11)15-8-12(24)3-4-13(15)23(25,26)27)20-21(36-2)18(19(35)17(10-34)37-20)32-9-14(29-31-32)22-28-5-6-38-22/h3-9,17-21,34-35H,10H2,1-2H3/t17?,18-,19-,20-,21?/m0/s1. The Hall–Kier alpha value is -2.88. The van der Waals surface area contributed by atoms with E-state index >= 15 is 0 Å². The number of aromatic nitrogens is 6. The SMILES string of the molecule is COC1[C@@H](n2cc(-c3nccs3)nn2)[C@@H](O)C(CO)O[C@H]1c1cc(C)nn1-c1cc(Cl)ccc1C(F)(F)F. The number of ether oxygens (including phenoxy) is 2. The number of hydrogen-bond acceptors (Lipinski definition) is 9. The van der Waals surface area contributed by atoms with Gasteiger partial charge in [0.1, 0.15) is 41.2 Å². The summed E-state index contributed by atoms with van der Waals surface area (Å²) < 4.78 is 56.1. The van der Waals surface area contributed by atoms with E-state index < -0.39 is 48.8 Å². The maximum atomic E-state index is 13.9. The van der Waals surface area contributed by atoms with E-state index in [-0.39, 0.29) is 16.4 Å². The lowest BCUT2D eigenvalue weighted by molar-refractivity contribution is -0.216. The fourth-order valence-corrected chi connectivity index (χ4v) is 5.36. The molecule has 0 amide bonds. The molecule has 1 saturated heterocycles. The molecule has 38 heavy (non-hydrogen) atoms. The molecule has 4 heterocycles. The minimum Gasteiger partial charge on any atom is -0.394 e. The number of hydrogen-bond donors (Lipinski definition) is 2. The molecule has 0 spiro atoms. The number of halogens is 4. The molecule has 1 aliphatic rings. The van der Waals surface area contributed by atoms with Gasteiger partial charge in [0.25, 0.3) is 0 Å². The molecule has 1 fully saturated rings. The maximum Gasteiger partial charge on any atom is 0.418 e. The molecule has 0 saturated carbocycles. The van der Waals surface area contributed by atoms with Crippen molar-refractivity contribution in [3.05, 3.63) is 64.0 Å². The Balaban J connectivity index is 1.62. The number of rotatable bonds is 6. The van der Waals surface area contributed by atoms with Crippen LogP contribution in [0.5, 0.6) is 0 Å². The minimum atomic E-state index is -4.69.